The molecule has 0 heterocycles. The van der Waals surface area contributed by atoms with Crippen molar-refractivity contribution >= 4 is 38.5 Å². The van der Waals surface area contributed by atoms with Crippen LogP contribution in [0, 0.1) is 3.57 Å². The Morgan fingerprint density at radius 3 is 2.53 bits per heavy atom. The van der Waals surface area contributed by atoms with Crippen LogP contribution in [0.25, 0.3) is 11.1 Å². The molecule has 1 aliphatic rings. The quantitative estimate of drug-likeness (QED) is 0.506. The number of hydrogen-bond donors (Lipinski definition) is 0. The second-order valence-electron chi connectivity index (χ2n) is 5.03. The molecular weight excluding hydrogens is 411 g/mol. The highest BCUT2D eigenvalue weighted by atomic mass is 127. The van der Waals surface area contributed by atoms with Crippen LogP contribution in [0.15, 0.2) is 34.8 Å². The van der Waals surface area contributed by atoms with Gasteiger partial charge in [-0.15, -0.1) is 0 Å². The molecule has 0 aromatic heterocycles. The fraction of sp³-hybridized carbons (Fsp3) is 0.294. The number of fused-ring (bicyclic) bond motifs is 3. The van der Waals surface area contributed by atoms with Gasteiger partial charge in [0.15, 0.2) is 0 Å². The molecule has 1 unspecified atom stereocenters. The van der Waals surface area contributed by atoms with Gasteiger partial charge in [-0.3, -0.25) is 0 Å². The van der Waals surface area contributed by atoms with Crippen LogP contribution in [0.4, 0.5) is 0 Å². The minimum atomic E-state index is 0.562. The molecule has 0 fully saturated rings. The average molecular weight is 427 g/mol. The number of halogens is 2. The molecule has 0 radical (unpaired) electrons. The van der Waals surface area contributed by atoms with Crippen molar-refractivity contribution in [1.29, 1.82) is 0 Å². The largest absolute Gasteiger partial charge is 0.0645 e. The van der Waals surface area contributed by atoms with Crippen molar-refractivity contribution < 1.29 is 0 Å². The Morgan fingerprint density at radius 2 is 1.84 bits per heavy atom. The monoisotopic (exact) mass is 426 g/mol. The first-order valence-electron chi connectivity index (χ1n) is 6.78. The second-order valence-corrected chi connectivity index (χ2v) is 7.13. The molecule has 1 atom stereocenters. The molecule has 0 saturated carbocycles. The number of rotatable bonds is 2. The maximum Gasteiger partial charge on any atom is 0.0210 e. The van der Waals surface area contributed by atoms with Crippen molar-refractivity contribution in [2.75, 3.05) is 0 Å². The zero-order valence-corrected chi connectivity index (χ0v) is 14.9. The van der Waals surface area contributed by atoms with E-state index >= 15 is 0 Å². The zero-order chi connectivity index (χ0) is 13.6. The van der Waals surface area contributed by atoms with Crippen LogP contribution in [0.1, 0.15) is 42.9 Å². The van der Waals surface area contributed by atoms with E-state index in [4.69, 9.17) is 0 Å². The Balaban J connectivity index is 2.32. The van der Waals surface area contributed by atoms with Crippen molar-refractivity contribution in [3.05, 3.63) is 55.1 Å². The molecule has 2 aromatic carbocycles. The van der Waals surface area contributed by atoms with E-state index in [0.717, 1.165) is 6.42 Å². The first-order valence-corrected chi connectivity index (χ1v) is 8.65. The van der Waals surface area contributed by atoms with Crippen molar-refractivity contribution in [2.45, 2.75) is 32.6 Å². The fourth-order valence-corrected chi connectivity index (χ4v) is 4.42. The molecule has 0 spiro atoms. The Kier molecular flexibility index (Phi) is 3.73. The van der Waals surface area contributed by atoms with Crippen molar-refractivity contribution in [3.8, 4) is 11.1 Å². The highest BCUT2D eigenvalue weighted by Crippen LogP contribution is 2.49. The van der Waals surface area contributed by atoms with Gasteiger partial charge >= 0.3 is 0 Å². The van der Waals surface area contributed by atoms with Crippen LogP contribution >= 0.6 is 38.5 Å². The summed E-state index contributed by atoms with van der Waals surface area (Å²) >= 11 is 6.14. The Hall–Kier alpha value is -0.350. The molecule has 2 aromatic rings. The van der Waals surface area contributed by atoms with Gasteiger partial charge in [0.1, 0.15) is 0 Å². The van der Waals surface area contributed by atoms with Crippen LogP contribution in [0.2, 0.25) is 0 Å². The summed E-state index contributed by atoms with van der Waals surface area (Å²) in [6, 6.07) is 11.3. The molecule has 0 bridgehead atoms. The Morgan fingerprint density at radius 1 is 1.11 bits per heavy atom. The summed E-state index contributed by atoms with van der Waals surface area (Å²) < 4.78 is 2.59. The van der Waals surface area contributed by atoms with Crippen LogP contribution in [-0.2, 0) is 6.42 Å². The molecule has 0 N–H and O–H groups in total. The highest BCUT2D eigenvalue weighted by molar-refractivity contribution is 14.1. The second kappa shape index (κ2) is 5.21. The van der Waals surface area contributed by atoms with Crippen molar-refractivity contribution in [2.24, 2.45) is 0 Å². The van der Waals surface area contributed by atoms with E-state index in [0.29, 0.717) is 5.92 Å². The van der Waals surface area contributed by atoms with E-state index < -0.39 is 0 Å². The molecule has 2 heteroatoms. The van der Waals surface area contributed by atoms with Crippen molar-refractivity contribution in [3.63, 3.8) is 0 Å². The lowest BCUT2D eigenvalue weighted by Gasteiger charge is -2.16. The Bertz CT molecular complexity index is 646. The average Bonchev–Trinajstić information content (AvgIpc) is 2.71. The Labute approximate surface area is 136 Å². The maximum atomic E-state index is 3.72. The van der Waals surface area contributed by atoms with Crippen LogP contribution in [0.3, 0.4) is 0 Å². The first-order chi connectivity index (χ1) is 9.17. The normalized spacial score (nSPS) is 16.3. The minimum absolute atomic E-state index is 0.562. The van der Waals surface area contributed by atoms with Gasteiger partial charge in [0.2, 0.25) is 0 Å². The predicted octanol–water partition coefficient (Wildman–Crippen LogP) is 6.14. The zero-order valence-electron chi connectivity index (χ0n) is 11.1. The highest BCUT2D eigenvalue weighted by Gasteiger charge is 2.30. The molecule has 0 saturated heterocycles. The van der Waals surface area contributed by atoms with Gasteiger partial charge in [0, 0.05) is 14.0 Å². The van der Waals surface area contributed by atoms with E-state index in [1.165, 1.54) is 36.7 Å². The first kappa shape index (κ1) is 13.6. The lowest BCUT2D eigenvalue weighted by molar-refractivity contribution is 0.784. The summed E-state index contributed by atoms with van der Waals surface area (Å²) in [5.41, 5.74) is 7.42. The van der Waals surface area contributed by atoms with Gasteiger partial charge in [-0.1, -0.05) is 41.9 Å². The molecule has 19 heavy (non-hydrogen) atoms. The van der Waals surface area contributed by atoms with Gasteiger partial charge in [-0.05, 0) is 81.4 Å². The summed E-state index contributed by atoms with van der Waals surface area (Å²) in [6.07, 6.45) is 2.26. The van der Waals surface area contributed by atoms with Gasteiger partial charge in [-0.2, -0.15) is 0 Å². The summed E-state index contributed by atoms with van der Waals surface area (Å²) in [5.74, 6) is 0.562. The van der Waals surface area contributed by atoms with Crippen molar-refractivity contribution in [1.82, 2.24) is 0 Å². The van der Waals surface area contributed by atoms with Crippen LogP contribution in [-0.4, -0.2) is 0 Å². The van der Waals surface area contributed by atoms with E-state index in [2.05, 4.69) is 82.7 Å². The summed E-state index contributed by atoms with van der Waals surface area (Å²) in [4.78, 5) is 0. The SMILES string of the molecule is CCc1c(Br)ccc2c1C(CC)c1cc(I)ccc1-2. The lowest BCUT2D eigenvalue weighted by Crippen LogP contribution is -2.00. The standard InChI is InChI=1S/C17H16BrI/c1-3-11-15-9-10(19)5-6-13(15)14-7-8-16(18)12(4-2)17(11)14/h5-9,11H,3-4H2,1-2H3. The third-order valence-corrected chi connectivity index (χ3v) is 5.50. The molecule has 0 nitrogen and oxygen atoms in total. The molecule has 1 aliphatic carbocycles. The topological polar surface area (TPSA) is 0 Å². The van der Waals surface area contributed by atoms with Gasteiger partial charge in [0.05, 0.1) is 0 Å². The third kappa shape index (κ3) is 2.07. The van der Waals surface area contributed by atoms with Gasteiger partial charge in [0.25, 0.3) is 0 Å². The molecule has 98 valence electrons. The number of benzene rings is 2. The van der Waals surface area contributed by atoms with Gasteiger partial charge < -0.3 is 0 Å². The number of hydrogen-bond acceptors (Lipinski definition) is 0. The maximum absolute atomic E-state index is 3.72. The molecule has 0 aliphatic heterocycles. The van der Waals surface area contributed by atoms with E-state index in [1.807, 2.05) is 0 Å². The van der Waals surface area contributed by atoms with Crippen LogP contribution in [0.5, 0.6) is 0 Å². The van der Waals surface area contributed by atoms with E-state index in [9.17, 15) is 0 Å². The molecule has 3 rings (SSSR count). The minimum Gasteiger partial charge on any atom is -0.0645 e. The predicted molar refractivity (Wildman–Crippen MR) is 93.8 cm³/mol. The fourth-order valence-electron chi connectivity index (χ4n) is 3.28. The smallest absolute Gasteiger partial charge is 0.0210 e. The molecule has 0 amide bonds. The lowest BCUT2D eigenvalue weighted by atomic mass is 9.90. The summed E-state index contributed by atoms with van der Waals surface area (Å²) in [6.45, 7) is 4.55. The molecular formula is C17H16BrI. The summed E-state index contributed by atoms with van der Waals surface area (Å²) in [7, 11) is 0. The van der Waals surface area contributed by atoms with Crippen LogP contribution < -0.4 is 0 Å². The third-order valence-electron chi connectivity index (χ3n) is 4.09. The van der Waals surface area contributed by atoms with E-state index in [-0.39, 0.29) is 0 Å². The van der Waals surface area contributed by atoms with Gasteiger partial charge in [-0.25, -0.2) is 0 Å². The van der Waals surface area contributed by atoms with E-state index in [1.54, 1.807) is 5.56 Å². The summed E-state index contributed by atoms with van der Waals surface area (Å²) in [5, 5.41) is 0.